The molecule has 20 heavy (non-hydrogen) atoms. The first-order valence-corrected chi connectivity index (χ1v) is 7.38. The topological polar surface area (TPSA) is 72.9 Å². The van der Waals surface area contributed by atoms with Crippen molar-refractivity contribution in [2.45, 2.75) is 57.2 Å². The second-order valence-electron chi connectivity index (χ2n) is 6.29. The van der Waals surface area contributed by atoms with Gasteiger partial charge in [-0.3, -0.25) is 4.90 Å². The van der Waals surface area contributed by atoms with Gasteiger partial charge in [-0.15, -0.1) is 0 Å². The van der Waals surface area contributed by atoms with Crippen LogP contribution in [-0.2, 0) is 4.79 Å². The molecule has 6 heteroatoms. The molecule has 2 amide bonds. The molecule has 1 heterocycles. The molecule has 114 valence electrons. The van der Waals surface area contributed by atoms with E-state index in [0.717, 1.165) is 12.8 Å². The lowest BCUT2D eigenvalue weighted by molar-refractivity contribution is -0.144. The normalized spacial score (nSPS) is 30.2. The van der Waals surface area contributed by atoms with Crippen molar-refractivity contribution in [1.29, 1.82) is 0 Å². The van der Waals surface area contributed by atoms with E-state index in [-0.39, 0.29) is 18.1 Å². The van der Waals surface area contributed by atoms with E-state index in [1.54, 1.807) is 4.90 Å². The number of likely N-dealkylation sites (N-methyl/N-ethyl adjacent to an activating group) is 1. The van der Waals surface area contributed by atoms with Crippen molar-refractivity contribution >= 4 is 12.0 Å². The molecule has 2 rings (SSSR count). The molecule has 0 radical (unpaired) electrons. The molecule has 2 aliphatic rings. The summed E-state index contributed by atoms with van der Waals surface area (Å²) in [6, 6.07) is 0.337. The predicted molar refractivity (Wildman–Crippen MR) is 75.6 cm³/mol. The van der Waals surface area contributed by atoms with Gasteiger partial charge in [-0.05, 0) is 33.7 Å². The van der Waals surface area contributed by atoms with Gasteiger partial charge in [0.25, 0.3) is 0 Å². The molecular weight excluding hydrogens is 258 g/mol. The summed E-state index contributed by atoms with van der Waals surface area (Å²) in [5, 5.41) is 12.2. The van der Waals surface area contributed by atoms with Crippen molar-refractivity contribution in [1.82, 2.24) is 15.1 Å². The standard InChI is InChI=1S/C14H25N3O3/c1-10-8-17(9-11(2)16(10)3)13(20)15-14(12(18)19)6-4-5-7-14/h10-11H,4-9H2,1-3H3,(H,15,20)(H,18,19). The number of amides is 2. The zero-order valence-corrected chi connectivity index (χ0v) is 12.6. The van der Waals surface area contributed by atoms with Crippen LogP contribution in [0.3, 0.4) is 0 Å². The van der Waals surface area contributed by atoms with Crippen LogP contribution < -0.4 is 5.32 Å². The first kappa shape index (κ1) is 15.1. The fraction of sp³-hybridized carbons (Fsp3) is 0.857. The minimum Gasteiger partial charge on any atom is -0.480 e. The summed E-state index contributed by atoms with van der Waals surface area (Å²) in [7, 11) is 2.06. The first-order valence-electron chi connectivity index (χ1n) is 7.38. The zero-order valence-electron chi connectivity index (χ0n) is 12.6. The zero-order chi connectivity index (χ0) is 14.9. The smallest absolute Gasteiger partial charge is 0.329 e. The van der Waals surface area contributed by atoms with Crippen LogP contribution in [0.15, 0.2) is 0 Å². The van der Waals surface area contributed by atoms with Gasteiger partial charge in [0.15, 0.2) is 0 Å². The number of carbonyl (C=O) groups is 2. The Morgan fingerprint density at radius 1 is 1.15 bits per heavy atom. The summed E-state index contributed by atoms with van der Waals surface area (Å²) in [4.78, 5) is 27.9. The van der Waals surface area contributed by atoms with Gasteiger partial charge in [-0.25, -0.2) is 9.59 Å². The quantitative estimate of drug-likeness (QED) is 0.796. The summed E-state index contributed by atoms with van der Waals surface area (Å²) in [5.41, 5.74) is -1.05. The number of carboxylic acids is 1. The van der Waals surface area contributed by atoms with Crippen molar-refractivity contribution in [2.24, 2.45) is 0 Å². The fourth-order valence-electron chi connectivity index (χ4n) is 3.22. The van der Waals surface area contributed by atoms with Crippen molar-refractivity contribution in [2.75, 3.05) is 20.1 Å². The summed E-state index contributed by atoms with van der Waals surface area (Å²) >= 11 is 0. The molecule has 0 aromatic rings. The third kappa shape index (κ3) is 2.75. The minimum absolute atomic E-state index is 0.235. The minimum atomic E-state index is -1.05. The maximum Gasteiger partial charge on any atom is 0.329 e. The molecular formula is C14H25N3O3. The molecule has 0 aromatic carbocycles. The number of aliphatic carboxylic acids is 1. The number of carboxylic acid groups (broad SMARTS) is 1. The maximum atomic E-state index is 12.4. The number of carbonyl (C=O) groups excluding carboxylic acids is 1. The number of hydrogen-bond donors (Lipinski definition) is 2. The molecule has 2 atom stereocenters. The highest BCUT2D eigenvalue weighted by Gasteiger charge is 2.44. The van der Waals surface area contributed by atoms with E-state index in [1.165, 1.54) is 0 Å². The predicted octanol–water partition coefficient (Wildman–Crippen LogP) is 1.12. The van der Waals surface area contributed by atoms with Crippen LogP contribution in [-0.4, -0.2) is 64.7 Å². The van der Waals surface area contributed by atoms with Crippen LogP contribution in [0.4, 0.5) is 4.79 Å². The third-order valence-corrected chi connectivity index (χ3v) is 4.86. The fourth-order valence-corrected chi connectivity index (χ4v) is 3.22. The molecule has 0 bridgehead atoms. The third-order valence-electron chi connectivity index (χ3n) is 4.86. The van der Waals surface area contributed by atoms with E-state index in [1.807, 2.05) is 0 Å². The highest BCUT2D eigenvalue weighted by atomic mass is 16.4. The summed E-state index contributed by atoms with van der Waals surface area (Å²) in [5.74, 6) is -0.904. The SMILES string of the molecule is CC1CN(C(=O)NC2(C(=O)O)CCCC2)CC(C)N1C. The van der Waals surface area contributed by atoms with Crippen molar-refractivity contribution < 1.29 is 14.7 Å². The van der Waals surface area contributed by atoms with Gasteiger partial charge >= 0.3 is 12.0 Å². The second-order valence-corrected chi connectivity index (χ2v) is 6.29. The maximum absolute atomic E-state index is 12.4. The van der Waals surface area contributed by atoms with Crippen LogP contribution in [0, 0.1) is 0 Å². The Labute approximate surface area is 120 Å². The summed E-state index contributed by atoms with van der Waals surface area (Å²) < 4.78 is 0. The number of urea groups is 1. The van der Waals surface area contributed by atoms with Gasteiger partial charge < -0.3 is 15.3 Å². The van der Waals surface area contributed by atoms with Gasteiger partial charge in [-0.2, -0.15) is 0 Å². The largest absolute Gasteiger partial charge is 0.480 e. The monoisotopic (exact) mass is 283 g/mol. The van der Waals surface area contributed by atoms with E-state index >= 15 is 0 Å². The lowest BCUT2D eigenvalue weighted by Crippen LogP contribution is -2.62. The van der Waals surface area contributed by atoms with Crippen LogP contribution in [0.5, 0.6) is 0 Å². The Balaban J connectivity index is 2.03. The van der Waals surface area contributed by atoms with E-state index in [9.17, 15) is 14.7 Å². The molecule has 2 unspecified atom stereocenters. The van der Waals surface area contributed by atoms with Crippen molar-refractivity contribution in [3.05, 3.63) is 0 Å². The molecule has 1 saturated heterocycles. The first-order chi connectivity index (χ1) is 9.35. The van der Waals surface area contributed by atoms with Gasteiger partial charge in [0.05, 0.1) is 0 Å². The molecule has 2 fully saturated rings. The lowest BCUT2D eigenvalue weighted by atomic mass is 9.98. The number of nitrogens with one attached hydrogen (secondary N) is 1. The Morgan fingerprint density at radius 3 is 2.10 bits per heavy atom. The molecule has 2 N–H and O–H groups in total. The average molecular weight is 283 g/mol. The Morgan fingerprint density at radius 2 is 1.65 bits per heavy atom. The van der Waals surface area contributed by atoms with Gasteiger partial charge in [0.2, 0.25) is 0 Å². The number of hydrogen-bond acceptors (Lipinski definition) is 3. The Hall–Kier alpha value is -1.30. The van der Waals surface area contributed by atoms with Gasteiger partial charge in [-0.1, -0.05) is 12.8 Å². The summed E-state index contributed by atoms with van der Waals surface area (Å²) in [6.07, 6.45) is 2.80. The molecule has 6 nitrogen and oxygen atoms in total. The van der Waals surface area contributed by atoms with Gasteiger partial charge in [0.1, 0.15) is 5.54 Å². The number of nitrogens with zero attached hydrogens (tertiary/aromatic N) is 2. The van der Waals surface area contributed by atoms with Crippen LogP contribution >= 0.6 is 0 Å². The highest BCUT2D eigenvalue weighted by molar-refractivity contribution is 5.86. The van der Waals surface area contributed by atoms with E-state index in [0.29, 0.717) is 25.9 Å². The molecule has 0 spiro atoms. The average Bonchev–Trinajstić information content (AvgIpc) is 2.85. The van der Waals surface area contributed by atoms with Gasteiger partial charge in [0, 0.05) is 25.2 Å². The van der Waals surface area contributed by atoms with Crippen molar-refractivity contribution in [3.63, 3.8) is 0 Å². The Bertz CT molecular complexity index is 381. The highest BCUT2D eigenvalue weighted by Crippen LogP contribution is 2.30. The molecule has 1 saturated carbocycles. The lowest BCUT2D eigenvalue weighted by Gasteiger charge is -2.43. The molecule has 1 aliphatic carbocycles. The van der Waals surface area contributed by atoms with Crippen LogP contribution in [0.1, 0.15) is 39.5 Å². The molecule has 0 aromatic heterocycles. The van der Waals surface area contributed by atoms with Crippen molar-refractivity contribution in [3.8, 4) is 0 Å². The Kier molecular flexibility index (Phi) is 4.22. The van der Waals surface area contributed by atoms with E-state index in [4.69, 9.17) is 0 Å². The van der Waals surface area contributed by atoms with E-state index < -0.39 is 11.5 Å². The second kappa shape index (κ2) is 5.60. The number of rotatable bonds is 2. The summed E-state index contributed by atoms with van der Waals surface area (Å²) in [6.45, 7) is 5.45. The molecule has 1 aliphatic heterocycles. The van der Waals surface area contributed by atoms with Crippen LogP contribution in [0.2, 0.25) is 0 Å². The van der Waals surface area contributed by atoms with Crippen LogP contribution in [0.25, 0.3) is 0 Å². The number of piperazine rings is 1. The van der Waals surface area contributed by atoms with E-state index in [2.05, 4.69) is 31.1 Å².